The molecule has 0 saturated heterocycles. The molecule has 0 bridgehead atoms. The van der Waals surface area contributed by atoms with Crippen molar-refractivity contribution in [3.05, 3.63) is 0 Å². The highest BCUT2D eigenvalue weighted by Crippen LogP contribution is 1.96. The van der Waals surface area contributed by atoms with Crippen molar-refractivity contribution in [3.8, 4) is 0 Å². The van der Waals surface area contributed by atoms with Crippen LogP contribution in [0.4, 0.5) is 0 Å². The minimum Gasteiger partial charge on any atom is -0.320 e. The molecule has 2 atom stereocenters. The van der Waals surface area contributed by atoms with Crippen LogP contribution in [0, 0.1) is 5.92 Å². The largest absolute Gasteiger partial charge is 0.320 e. The van der Waals surface area contributed by atoms with Gasteiger partial charge in [-0.25, -0.2) is 0 Å². The van der Waals surface area contributed by atoms with Crippen molar-refractivity contribution in [1.82, 2.24) is 10.6 Å². The monoisotopic (exact) mass is 131 g/mol. The van der Waals surface area contributed by atoms with E-state index in [4.69, 9.17) is 1.37 Å². The summed E-state index contributed by atoms with van der Waals surface area (Å²) in [6, 6.07) is 0. The minimum atomic E-state index is 0.0115. The zero-order valence-corrected chi connectivity index (χ0v) is 6.57. The Bertz CT molecular complexity index is 68.0. The molecule has 2 heteroatoms. The van der Waals surface area contributed by atoms with Crippen LogP contribution in [-0.4, -0.2) is 27.2 Å². The molecule has 56 valence electrons. The molecule has 0 heterocycles. The highest BCUT2D eigenvalue weighted by Gasteiger charge is 1.96. The van der Waals surface area contributed by atoms with Gasteiger partial charge >= 0.3 is 0 Å². The summed E-state index contributed by atoms with van der Waals surface area (Å²) in [4.78, 5) is 0. The number of nitrogens with one attached hydrogen (secondary N) is 2. The molecule has 2 unspecified atom stereocenters. The Hall–Kier alpha value is -0.0800. The molecule has 0 radical (unpaired) electrons. The van der Waals surface area contributed by atoms with Crippen LogP contribution in [0.25, 0.3) is 0 Å². The lowest BCUT2D eigenvalue weighted by Gasteiger charge is -2.08. The van der Waals surface area contributed by atoms with Crippen LogP contribution in [0.1, 0.15) is 14.7 Å². The molecule has 0 rings (SSSR count). The van der Waals surface area contributed by atoms with E-state index in [9.17, 15) is 0 Å². The maximum atomic E-state index is 7.58. The lowest BCUT2D eigenvalue weighted by atomic mass is 10.1. The molecular formula is C7H18N2. The van der Waals surface area contributed by atoms with E-state index >= 15 is 0 Å². The van der Waals surface area contributed by atoms with Crippen LogP contribution >= 0.6 is 0 Å². The lowest BCUT2D eigenvalue weighted by Crippen LogP contribution is -2.20. The van der Waals surface area contributed by atoms with Crippen molar-refractivity contribution in [2.45, 2.75) is 13.3 Å². The highest BCUT2D eigenvalue weighted by atomic mass is 14.8. The molecule has 0 aromatic rings. The fourth-order valence-electron chi connectivity index (χ4n) is 0.724. The second kappa shape index (κ2) is 6.05. The van der Waals surface area contributed by atoms with Gasteiger partial charge in [-0.1, -0.05) is 6.92 Å². The molecule has 9 heavy (non-hydrogen) atoms. The van der Waals surface area contributed by atoms with Gasteiger partial charge in [0.1, 0.15) is 0 Å². The van der Waals surface area contributed by atoms with E-state index in [1.54, 1.807) is 0 Å². The lowest BCUT2D eigenvalue weighted by molar-refractivity contribution is 0.493. The molecule has 0 aromatic heterocycles. The van der Waals surface area contributed by atoms with E-state index in [-0.39, 0.29) is 6.40 Å². The zero-order valence-electron chi connectivity index (χ0n) is 7.57. The molecule has 0 aliphatic carbocycles. The number of hydrogen-bond acceptors (Lipinski definition) is 2. The third-order valence-electron chi connectivity index (χ3n) is 1.25. The normalized spacial score (nSPS) is 18.8. The van der Waals surface area contributed by atoms with Crippen molar-refractivity contribution in [2.75, 3.05) is 27.2 Å². The fraction of sp³-hybridized carbons (Fsp3) is 1.00. The summed E-state index contributed by atoms with van der Waals surface area (Å²) in [6.07, 6.45) is 0.0115. The molecule has 0 spiro atoms. The topological polar surface area (TPSA) is 24.1 Å². The summed E-state index contributed by atoms with van der Waals surface area (Å²) >= 11 is 0. The maximum Gasteiger partial charge on any atom is 0.0283 e. The van der Waals surface area contributed by atoms with Gasteiger partial charge in [-0.15, -0.1) is 0 Å². The molecule has 0 saturated carbocycles. The molecule has 0 fully saturated rings. The van der Waals surface area contributed by atoms with E-state index in [1.807, 2.05) is 14.1 Å². The SMILES string of the molecule is [2H]C(CNC)C(C)CNC. The first-order valence-corrected chi connectivity index (χ1v) is 3.43. The minimum absolute atomic E-state index is 0.0115. The first-order valence-electron chi connectivity index (χ1n) is 4.01. The van der Waals surface area contributed by atoms with Gasteiger partial charge < -0.3 is 10.6 Å². The van der Waals surface area contributed by atoms with Crippen LogP contribution in [0.5, 0.6) is 0 Å². The zero-order chi connectivity index (χ0) is 7.98. The summed E-state index contributed by atoms with van der Waals surface area (Å²) in [5.74, 6) is 0.428. The summed E-state index contributed by atoms with van der Waals surface area (Å²) in [7, 11) is 3.80. The van der Waals surface area contributed by atoms with Gasteiger partial charge in [-0.2, -0.15) is 0 Å². The van der Waals surface area contributed by atoms with Gasteiger partial charge in [0.2, 0.25) is 0 Å². The molecular weight excluding hydrogens is 112 g/mol. The van der Waals surface area contributed by atoms with Crippen LogP contribution in [0.15, 0.2) is 0 Å². The predicted molar refractivity (Wildman–Crippen MR) is 41.6 cm³/mol. The van der Waals surface area contributed by atoms with Crippen LogP contribution in [0.3, 0.4) is 0 Å². The van der Waals surface area contributed by atoms with Gasteiger partial charge in [0, 0.05) is 1.37 Å². The summed E-state index contributed by atoms with van der Waals surface area (Å²) in [6.45, 7) is 3.80. The highest BCUT2D eigenvalue weighted by molar-refractivity contribution is 4.55. The summed E-state index contributed by atoms with van der Waals surface area (Å²) in [5.41, 5.74) is 0. The molecule has 2 nitrogen and oxygen atoms in total. The Morgan fingerprint density at radius 3 is 2.56 bits per heavy atom. The van der Waals surface area contributed by atoms with Gasteiger partial charge in [0.05, 0.1) is 0 Å². The average Bonchev–Trinajstić information content (AvgIpc) is 1.89. The Labute approximate surface area is 59.4 Å². The first-order chi connectivity index (χ1) is 4.72. The summed E-state index contributed by atoms with van der Waals surface area (Å²) < 4.78 is 7.58. The van der Waals surface area contributed by atoms with E-state index in [0.717, 1.165) is 13.1 Å². The van der Waals surface area contributed by atoms with Gasteiger partial charge in [-0.05, 0) is 39.5 Å². The van der Waals surface area contributed by atoms with Crippen molar-refractivity contribution in [3.63, 3.8) is 0 Å². The molecule has 0 aliphatic rings. The van der Waals surface area contributed by atoms with Crippen LogP contribution < -0.4 is 10.6 Å². The van der Waals surface area contributed by atoms with Gasteiger partial charge in [0.15, 0.2) is 0 Å². The Morgan fingerprint density at radius 2 is 2.11 bits per heavy atom. The number of hydrogen-bond donors (Lipinski definition) is 2. The van der Waals surface area contributed by atoms with Crippen molar-refractivity contribution < 1.29 is 1.37 Å². The third-order valence-corrected chi connectivity index (χ3v) is 1.25. The molecule has 2 N–H and O–H groups in total. The van der Waals surface area contributed by atoms with Crippen LogP contribution in [0.2, 0.25) is 0 Å². The second-order valence-corrected chi connectivity index (χ2v) is 2.33. The smallest absolute Gasteiger partial charge is 0.0283 e. The van der Waals surface area contributed by atoms with Crippen molar-refractivity contribution in [2.24, 2.45) is 5.92 Å². The average molecular weight is 131 g/mol. The Kier molecular flexibility index (Phi) is 4.72. The van der Waals surface area contributed by atoms with E-state index in [1.165, 1.54) is 0 Å². The molecule has 0 aromatic carbocycles. The Balaban J connectivity index is 3.38. The summed E-state index contributed by atoms with van der Waals surface area (Å²) in [5, 5.41) is 6.05. The van der Waals surface area contributed by atoms with E-state index in [2.05, 4.69) is 17.6 Å². The molecule has 0 amide bonds. The Morgan fingerprint density at radius 1 is 1.44 bits per heavy atom. The van der Waals surface area contributed by atoms with Gasteiger partial charge in [-0.3, -0.25) is 0 Å². The quantitative estimate of drug-likeness (QED) is 0.566. The third kappa shape index (κ3) is 5.80. The fourth-order valence-corrected chi connectivity index (χ4v) is 0.724. The van der Waals surface area contributed by atoms with E-state index in [0.29, 0.717) is 5.92 Å². The standard InChI is InChI=1S/C7H18N2/c1-7(6-9-3)4-5-8-2/h7-9H,4-6H2,1-3H3/i4D. The van der Waals surface area contributed by atoms with E-state index < -0.39 is 0 Å². The van der Waals surface area contributed by atoms with Gasteiger partial charge in [0.25, 0.3) is 0 Å². The number of rotatable bonds is 5. The van der Waals surface area contributed by atoms with Crippen molar-refractivity contribution in [1.29, 1.82) is 0 Å². The maximum absolute atomic E-state index is 7.58. The first kappa shape index (κ1) is 7.03. The van der Waals surface area contributed by atoms with Crippen LogP contribution in [-0.2, 0) is 0 Å². The van der Waals surface area contributed by atoms with Crippen molar-refractivity contribution >= 4 is 0 Å². The predicted octanol–water partition coefficient (Wildman–Crippen LogP) is 0.451. The second-order valence-electron chi connectivity index (χ2n) is 2.33. The molecule has 0 aliphatic heterocycles.